The first-order valence-electron chi connectivity index (χ1n) is 6.51. The predicted molar refractivity (Wildman–Crippen MR) is 68.7 cm³/mol. The Balaban J connectivity index is 1.79. The topological polar surface area (TPSA) is 68.0 Å². The van der Waals surface area contributed by atoms with Crippen molar-refractivity contribution in [2.24, 2.45) is 5.92 Å². The van der Waals surface area contributed by atoms with Gasteiger partial charge in [-0.1, -0.05) is 12.1 Å². The molecular weight excluding hydrogens is 261 g/mol. The van der Waals surface area contributed by atoms with E-state index in [4.69, 9.17) is 5.11 Å². The van der Waals surface area contributed by atoms with Crippen LogP contribution < -0.4 is 0 Å². The van der Waals surface area contributed by atoms with Gasteiger partial charge in [0.25, 0.3) is 0 Å². The molecule has 1 aromatic carbocycles. The molecule has 104 valence electrons. The molecule has 0 saturated carbocycles. The zero-order valence-electron chi connectivity index (χ0n) is 10.8. The highest BCUT2D eigenvalue weighted by Gasteiger charge is 2.26. The third-order valence-corrected chi connectivity index (χ3v) is 3.51. The molecule has 1 atom stereocenters. The lowest BCUT2D eigenvalue weighted by atomic mass is 9.98. The van der Waals surface area contributed by atoms with E-state index in [1.54, 1.807) is 10.7 Å². The van der Waals surface area contributed by atoms with Gasteiger partial charge in [-0.3, -0.25) is 4.79 Å². The predicted octanol–water partition coefficient (Wildman–Crippen LogP) is 1.66. The van der Waals surface area contributed by atoms with Gasteiger partial charge in [0.1, 0.15) is 11.6 Å². The van der Waals surface area contributed by atoms with Crippen LogP contribution in [0.5, 0.6) is 0 Å². The maximum absolute atomic E-state index is 13.1. The molecule has 1 unspecified atom stereocenters. The minimum atomic E-state index is -0.786. The zero-order chi connectivity index (χ0) is 14.1. The van der Waals surface area contributed by atoms with Gasteiger partial charge in [0.15, 0.2) is 5.82 Å². The van der Waals surface area contributed by atoms with Crippen LogP contribution in [0.1, 0.15) is 23.6 Å². The van der Waals surface area contributed by atoms with Crippen molar-refractivity contribution in [1.82, 2.24) is 14.8 Å². The molecule has 1 aliphatic rings. The molecule has 1 aromatic heterocycles. The summed E-state index contributed by atoms with van der Waals surface area (Å²) in [5, 5.41) is 13.4. The van der Waals surface area contributed by atoms with Gasteiger partial charge in [-0.05, 0) is 24.1 Å². The summed E-state index contributed by atoms with van der Waals surface area (Å²) in [7, 11) is 0. The minimum absolute atomic E-state index is 0.280. The SMILES string of the molecule is O=C(O)C1CCn2nc(Cc3cccc(F)c3)nc2C1. The Kier molecular flexibility index (Phi) is 3.22. The molecule has 1 aliphatic heterocycles. The van der Waals surface area contributed by atoms with Gasteiger partial charge in [-0.2, -0.15) is 5.10 Å². The fraction of sp³-hybridized carbons (Fsp3) is 0.357. The number of carbonyl (C=O) groups is 1. The fourth-order valence-corrected chi connectivity index (χ4v) is 2.47. The molecule has 3 rings (SSSR count). The van der Waals surface area contributed by atoms with Crippen LogP contribution in [-0.2, 0) is 24.2 Å². The Morgan fingerprint density at radius 2 is 2.35 bits per heavy atom. The minimum Gasteiger partial charge on any atom is -0.481 e. The summed E-state index contributed by atoms with van der Waals surface area (Å²) in [6, 6.07) is 6.33. The normalized spacial score (nSPS) is 17.8. The maximum Gasteiger partial charge on any atom is 0.307 e. The number of carboxylic acids is 1. The molecule has 5 nitrogen and oxygen atoms in total. The van der Waals surface area contributed by atoms with Crippen molar-refractivity contribution in [1.29, 1.82) is 0 Å². The quantitative estimate of drug-likeness (QED) is 0.925. The maximum atomic E-state index is 13.1. The Morgan fingerprint density at radius 3 is 3.10 bits per heavy atom. The molecule has 0 spiro atoms. The molecule has 0 radical (unpaired) electrons. The monoisotopic (exact) mass is 275 g/mol. The molecule has 0 amide bonds. The van der Waals surface area contributed by atoms with Gasteiger partial charge in [0.05, 0.1) is 5.92 Å². The summed E-state index contributed by atoms with van der Waals surface area (Å²) in [5.74, 6) is -0.135. The Labute approximate surface area is 115 Å². The van der Waals surface area contributed by atoms with E-state index < -0.39 is 5.97 Å². The van der Waals surface area contributed by atoms with Crippen LogP contribution >= 0.6 is 0 Å². The van der Waals surface area contributed by atoms with E-state index in [0.717, 1.165) is 5.56 Å². The lowest BCUT2D eigenvalue weighted by Gasteiger charge is -2.17. The molecule has 1 N–H and O–H groups in total. The summed E-state index contributed by atoms with van der Waals surface area (Å²) in [6.45, 7) is 0.572. The second-order valence-electron chi connectivity index (χ2n) is 5.00. The van der Waals surface area contributed by atoms with Crippen LogP contribution in [0.2, 0.25) is 0 Å². The van der Waals surface area contributed by atoms with E-state index in [2.05, 4.69) is 10.1 Å². The number of hydrogen-bond donors (Lipinski definition) is 1. The Hall–Kier alpha value is -2.24. The standard InChI is InChI=1S/C14H14FN3O2/c15-11-3-1-2-9(6-11)7-12-16-13-8-10(14(19)20)4-5-18(13)17-12/h1-3,6,10H,4-5,7-8H2,(H,19,20). The van der Waals surface area contributed by atoms with Crippen molar-refractivity contribution < 1.29 is 14.3 Å². The molecule has 0 aliphatic carbocycles. The highest BCUT2D eigenvalue weighted by atomic mass is 19.1. The number of benzene rings is 1. The van der Waals surface area contributed by atoms with E-state index in [1.165, 1.54) is 12.1 Å². The Bertz CT molecular complexity index is 654. The van der Waals surface area contributed by atoms with Crippen molar-refractivity contribution >= 4 is 5.97 Å². The molecule has 0 saturated heterocycles. The van der Waals surface area contributed by atoms with Crippen molar-refractivity contribution in [3.63, 3.8) is 0 Å². The van der Waals surface area contributed by atoms with Gasteiger partial charge in [0, 0.05) is 19.4 Å². The highest BCUT2D eigenvalue weighted by Crippen LogP contribution is 2.19. The van der Waals surface area contributed by atoms with Crippen LogP contribution in [-0.4, -0.2) is 25.8 Å². The Morgan fingerprint density at radius 1 is 1.50 bits per heavy atom. The van der Waals surface area contributed by atoms with E-state index in [1.807, 2.05) is 6.07 Å². The second kappa shape index (κ2) is 5.03. The van der Waals surface area contributed by atoms with Crippen LogP contribution in [0, 0.1) is 11.7 Å². The number of aryl methyl sites for hydroxylation is 1. The summed E-state index contributed by atoms with van der Waals surface area (Å²) in [4.78, 5) is 15.4. The number of aliphatic carboxylic acids is 1. The van der Waals surface area contributed by atoms with Gasteiger partial charge < -0.3 is 5.11 Å². The first-order chi connectivity index (χ1) is 9.61. The lowest BCUT2D eigenvalue weighted by molar-refractivity contribution is -0.142. The van der Waals surface area contributed by atoms with E-state index in [9.17, 15) is 9.18 Å². The lowest BCUT2D eigenvalue weighted by Crippen LogP contribution is -2.26. The number of aromatic nitrogens is 3. The molecule has 6 heteroatoms. The third kappa shape index (κ3) is 2.54. The van der Waals surface area contributed by atoms with Crippen molar-refractivity contribution in [3.05, 3.63) is 47.3 Å². The molecule has 0 fully saturated rings. The summed E-state index contributed by atoms with van der Waals surface area (Å²) < 4.78 is 14.9. The molecule has 0 bridgehead atoms. The smallest absolute Gasteiger partial charge is 0.307 e. The number of carboxylic acid groups (broad SMARTS) is 1. The van der Waals surface area contributed by atoms with E-state index in [0.29, 0.717) is 37.5 Å². The van der Waals surface area contributed by atoms with Crippen molar-refractivity contribution in [2.45, 2.75) is 25.8 Å². The molecule has 2 heterocycles. The van der Waals surface area contributed by atoms with Gasteiger partial charge in [-0.15, -0.1) is 0 Å². The van der Waals surface area contributed by atoms with Crippen LogP contribution in [0.25, 0.3) is 0 Å². The first-order valence-corrected chi connectivity index (χ1v) is 6.51. The first kappa shape index (κ1) is 12.8. The van der Waals surface area contributed by atoms with Crippen LogP contribution in [0.15, 0.2) is 24.3 Å². The van der Waals surface area contributed by atoms with E-state index in [-0.39, 0.29) is 11.7 Å². The number of hydrogen-bond acceptors (Lipinski definition) is 3. The van der Waals surface area contributed by atoms with Crippen LogP contribution in [0.4, 0.5) is 4.39 Å². The summed E-state index contributed by atoms with van der Waals surface area (Å²) >= 11 is 0. The average molecular weight is 275 g/mol. The van der Waals surface area contributed by atoms with E-state index >= 15 is 0 Å². The van der Waals surface area contributed by atoms with Crippen molar-refractivity contribution in [2.75, 3.05) is 0 Å². The van der Waals surface area contributed by atoms with Crippen LogP contribution in [0.3, 0.4) is 0 Å². The zero-order valence-corrected chi connectivity index (χ0v) is 10.8. The number of halogens is 1. The summed E-state index contributed by atoms with van der Waals surface area (Å²) in [5.41, 5.74) is 0.808. The van der Waals surface area contributed by atoms with Crippen molar-refractivity contribution in [3.8, 4) is 0 Å². The van der Waals surface area contributed by atoms with Gasteiger partial charge >= 0.3 is 5.97 Å². The molecular formula is C14H14FN3O2. The van der Waals surface area contributed by atoms with Gasteiger partial charge in [-0.25, -0.2) is 14.1 Å². The molecule has 2 aromatic rings. The highest BCUT2D eigenvalue weighted by molar-refractivity contribution is 5.70. The van der Waals surface area contributed by atoms with Gasteiger partial charge in [0.2, 0.25) is 0 Å². The second-order valence-corrected chi connectivity index (χ2v) is 5.00. The number of rotatable bonds is 3. The molecule has 20 heavy (non-hydrogen) atoms. The largest absolute Gasteiger partial charge is 0.481 e. The number of nitrogens with zero attached hydrogens (tertiary/aromatic N) is 3. The number of fused-ring (bicyclic) bond motifs is 1. The summed E-state index contributed by atoms with van der Waals surface area (Å²) in [6.07, 6.45) is 1.44. The average Bonchev–Trinajstić information content (AvgIpc) is 2.79. The fourth-order valence-electron chi connectivity index (χ4n) is 2.47. The third-order valence-electron chi connectivity index (χ3n) is 3.51.